The second-order valence-corrected chi connectivity index (χ2v) is 13.9. The van der Waals surface area contributed by atoms with Gasteiger partial charge >= 0.3 is 0 Å². The quantitative estimate of drug-likeness (QED) is 0.100. The monoisotopic (exact) mass is 622 g/mol. The molecule has 0 radical (unpaired) electrons. The van der Waals surface area contributed by atoms with E-state index in [0.717, 1.165) is 51.7 Å². The van der Waals surface area contributed by atoms with Crippen LogP contribution in [-0.2, 0) is 17.6 Å². The molecule has 2 aliphatic carbocycles. The van der Waals surface area contributed by atoms with E-state index < -0.39 is 0 Å². The molecule has 0 amide bonds. The van der Waals surface area contributed by atoms with Crippen molar-refractivity contribution in [1.82, 2.24) is 0 Å². The molecule has 0 N–H and O–H groups in total. The first kappa shape index (κ1) is 33.2. The molecular formula is C46H54O. The Hall–Kier alpha value is -3.68. The third-order valence-corrected chi connectivity index (χ3v) is 10.6. The lowest BCUT2D eigenvalue weighted by Crippen LogP contribution is -2.08. The van der Waals surface area contributed by atoms with Crippen molar-refractivity contribution in [2.75, 3.05) is 13.2 Å². The Labute approximate surface area is 284 Å². The summed E-state index contributed by atoms with van der Waals surface area (Å²) in [5, 5.41) is 0. The van der Waals surface area contributed by atoms with E-state index in [2.05, 4.69) is 123 Å². The molecule has 0 spiro atoms. The van der Waals surface area contributed by atoms with Crippen LogP contribution >= 0.6 is 0 Å². The predicted octanol–water partition coefficient (Wildman–Crippen LogP) is 12.8. The second kappa shape index (κ2) is 16.9. The highest BCUT2D eigenvalue weighted by Gasteiger charge is 2.18. The van der Waals surface area contributed by atoms with E-state index in [4.69, 9.17) is 4.74 Å². The average Bonchev–Trinajstić information content (AvgIpc) is 3.13. The van der Waals surface area contributed by atoms with Gasteiger partial charge in [0.15, 0.2) is 0 Å². The Morgan fingerprint density at radius 2 is 0.830 bits per heavy atom. The summed E-state index contributed by atoms with van der Waals surface area (Å²) >= 11 is 0. The molecule has 1 heteroatoms. The summed E-state index contributed by atoms with van der Waals surface area (Å²) in [5.74, 6) is 1.28. The van der Waals surface area contributed by atoms with Gasteiger partial charge in [-0.1, -0.05) is 147 Å². The van der Waals surface area contributed by atoms with Crippen LogP contribution in [0.2, 0.25) is 0 Å². The van der Waals surface area contributed by atoms with Gasteiger partial charge in [0, 0.05) is 0 Å². The van der Waals surface area contributed by atoms with Gasteiger partial charge in [0.25, 0.3) is 0 Å². The second-order valence-electron chi connectivity index (χ2n) is 13.9. The molecule has 244 valence electrons. The van der Waals surface area contributed by atoms with Crippen LogP contribution < -0.4 is 0 Å². The lowest BCUT2D eigenvalue weighted by Gasteiger charge is -2.23. The largest absolute Gasteiger partial charge is 0.381 e. The third kappa shape index (κ3) is 9.23. The number of hydrogen-bond donors (Lipinski definition) is 0. The maximum absolute atomic E-state index is 6.13. The molecule has 0 aliphatic heterocycles. The minimum Gasteiger partial charge on any atom is -0.381 e. The Morgan fingerprint density at radius 1 is 0.468 bits per heavy atom. The number of aryl methyl sites for hydroxylation is 2. The molecule has 0 fully saturated rings. The van der Waals surface area contributed by atoms with Gasteiger partial charge in [-0.15, -0.1) is 0 Å². The number of benzene rings is 4. The molecule has 0 aromatic heterocycles. The fraction of sp³-hybridized carbons (Fsp3) is 0.391. The fourth-order valence-corrected chi connectivity index (χ4v) is 7.55. The maximum Gasteiger partial charge on any atom is 0.0503 e. The maximum atomic E-state index is 6.13. The molecule has 0 saturated heterocycles. The lowest BCUT2D eigenvalue weighted by molar-refractivity contribution is 0.138. The smallest absolute Gasteiger partial charge is 0.0503 e. The Balaban J connectivity index is 0.880. The van der Waals surface area contributed by atoms with Crippen LogP contribution in [0.4, 0.5) is 0 Å². The summed E-state index contributed by atoms with van der Waals surface area (Å²) in [6.07, 6.45) is 19.1. The summed E-state index contributed by atoms with van der Waals surface area (Å²) < 4.78 is 6.13. The summed E-state index contributed by atoms with van der Waals surface area (Å²) in [6.45, 7) is 6.19. The lowest BCUT2D eigenvalue weighted by atomic mass is 9.83. The zero-order valence-electron chi connectivity index (χ0n) is 28.9. The molecule has 0 saturated carbocycles. The topological polar surface area (TPSA) is 9.23 Å². The van der Waals surface area contributed by atoms with Crippen molar-refractivity contribution in [1.29, 1.82) is 0 Å². The van der Waals surface area contributed by atoms with Gasteiger partial charge in [0.1, 0.15) is 0 Å². The van der Waals surface area contributed by atoms with E-state index in [1.807, 2.05) is 0 Å². The Kier molecular flexibility index (Phi) is 12.0. The highest BCUT2D eigenvalue weighted by atomic mass is 16.5. The molecule has 2 aliphatic rings. The van der Waals surface area contributed by atoms with Gasteiger partial charge in [-0.3, -0.25) is 0 Å². The molecule has 6 rings (SSSR count). The summed E-state index contributed by atoms with van der Waals surface area (Å²) in [7, 11) is 0. The molecule has 4 aromatic rings. The van der Waals surface area contributed by atoms with Crippen molar-refractivity contribution in [3.63, 3.8) is 0 Å². The van der Waals surface area contributed by atoms with Gasteiger partial charge in [0.05, 0.1) is 13.2 Å². The summed E-state index contributed by atoms with van der Waals surface area (Å²) in [6, 6.07) is 36.9. The summed E-state index contributed by atoms with van der Waals surface area (Å²) in [5.41, 5.74) is 14.3. The average molecular weight is 623 g/mol. The van der Waals surface area contributed by atoms with Crippen molar-refractivity contribution in [3.05, 3.63) is 143 Å². The van der Waals surface area contributed by atoms with Gasteiger partial charge in [0.2, 0.25) is 0 Å². The first-order chi connectivity index (χ1) is 23.2. The zero-order valence-corrected chi connectivity index (χ0v) is 28.9. The summed E-state index contributed by atoms with van der Waals surface area (Å²) in [4.78, 5) is 0. The van der Waals surface area contributed by atoms with Crippen LogP contribution in [0.3, 0.4) is 0 Å². The van der Waals surface area contributed by atoms with Crippen LogP contribution in [0, 0.1) is 0 Å². The van der Waals surface area contributed by atoms with Crippen molar-refractivity contribution < 1.29 is 4.74 Å². The van der Waals surface area contributed by atoms with Crippen LogP contribution in [0.25, 0.3) is 22.3 Å². The molecule has 47 heavy (non-hydrogen) atoms. The van der Waals surface area contributed by atoms with E-state index in [0.29, 0.717) is 11.8 Å². The highest BCUT2D eigenvalue weighted by Crippen LogP contribution is 2.36. The minimum absolute atomic E-state index is 0.642. The number of allylic oxidation sites excluding steroid dienone is 2. The Morgan fingerprint density at radius 3 is 1.15 bits per heavy atom. The molecular weight excluding hydrogens is 569 g/mol. The molecule has 0 heterocycles. The molecule has 2 atom stereocenters. The van der Waals surface area contributed by atoms with Crippen LogP contribution in [-0.4, -0.2) is 13.2 Å². The van der Waals surface area contributed by atoms with Crippen LogP contribution in [0.15, 0.2) is 120 Å². The van der Waals surface area contributed by atoms with E-state index in [1.165, 1.54) is 83.0 Å². The normalized spacial score (nSPS) is 18.1. The molecule has 1 nitrogen and oxygen atoms in total. The van der Waals surface area contributed by atoms with Gasteiger partial charge < -0.3 is 4.74 Å². The minimum atomic E-state index is 0.642. The van der Waals surface area contributed by atoms with Crippen LogP contribution in [0.1, 0.15) is 112 Å². The first-order valence-electron chi connectivity index (χ1n) is 18.5. The van der Waals surface area contributed by atoms with Gasteiger partial charge in [-0.05, 0) is 121 Å². The molecule has 2 unspecified atom stereocenters. The van der Waals surface area contributed by atoms with E-state index in [-0.39, 0.29) is 0 Å². The van der Waals surface area contributed by atoms with Crippen molar-refractivity contribution in [2.24, 2.45) is 0 Å². The first-order valence-corrected chi connectivity index (χ1v) is 18.5. The third-order valence-electron chi connectivity index (χ3n) is 10.6. The van der Waals surface area contributed by atoms with Crippen LogP contribution in [0.5, 0.6) is 0 Å². The molecule has 4 aromatic carbocycles. The van der Waals surface area contributed by atoms with Gasteiger partial charge in [-0.25, -0.2) is 0 Å². The van der Waals surface area contributed by atoms with E-state index in [9.17, 15) is 0 Å². The van der Waals surface area contributed by atoms with Crippen molar-refractivity contribution >= 4 is 0 Å². The van der Waals surface area contributed by atoms with Crippen molar-refractivity contribution in [3.8, 4) is 22.3 Å². The van der Waals surface area contributed by atoms with E-state index in [1.54, 1.807) is 11.1 Å². The highest BCUT2D eigenvalue weighted by molar-refractivity contribution is 5.65. The molecule has 0 bridgehead atoms. The van der Waals surface area contributed by atoms with Gasteiger partial charge in [-0.2, -0.15) is 0 Å². The zero-order chi connectivity index (χ0) is 32.3. The predicted molar refractivity (Wildman–Crippen MR) is 201 cm³/mol. The standard InChI is InChI=1S/C46H54O/c1-3-5-35-7-15-39(16-8-35)43-23-27-45(28-24-43)41-19-11-37(12-20-41)31-33-47-34-32-38-13-21-42(22-14-38)46-29-25-44(26-30-46)40-17-9-36(6-4-2)10-18-40/h7-11,13,15-18,23-30,41-42H,3-6,12,14,19-22,31-34H2,1-2H3. The number of rotatable bonds is 14. The fourth-order valence-electron chi connectivity index (χ4n) is 7.55. The van der Waals surface area contributed by atoms with E-state index >= 15 is 0 Å². The number of ether oxygens (including phenoxy) is 1. The number of hydrogen-bond acceptors (Lipinski definition) is 1. The SMILES string of the molecule is CCCc1ccc(-c2ccc(C3CC=C(CCOCCC4=CCC(c5ccc(-c6ccc(CCC)cc6)cc5)CC4)CC3)cc2)cc1. The van der Waals surface area contributed by atoms with Crippen molar-refractivity contribution in [2.45, 2.75) is 103 Å². The Bertz CT molecular complexity index is 1460.